The minimum absolute atomic E-state index is 0.684. The summed E-state index contributed by atoms with van der Waals surface area (Å²) in [4.78, 5) is 20.3. The van der Waals surface area contributed by atoms with Crippen molar-refractivity contribution in [2.75, 3.05) is 52.4 Å². The molecular formula is C38H42N6. The Labute approximate surface area is 261 Å². The van der Waals surface area contributed by atoms with E-state index >= 15 is 0 Å². The third-order valence-electron chi connectivity index (χ3n) is 7.46. The molecule has 224 valence electrons. The number of hydrogen-bond donors (Lipinski definition) is 2. The van der Waals surface area contributed by atoms with Crippen molar-refractivity contribution in [3.05, 3.63) is 144 Å². The Morgan fingerprint density at radius 3 is 0.773 bits per heavy atom. The van der Waals surface area contributed by atoms with E-state index in [0.717, 1.165) is 71.3 Å². The molecule has 0 saturated heterocycles. The van der Waals surface area contributed by atoms with Crippen molar-refractivity contribution in [1.29, 1.82) is 0 Å². The number of aliphatic imine (C=N–C) groups is 4. The maximum absolute atomic E-state index is 5.07. The summed E-state index contributed by atoms with van der Waals surface area (Å²) in [5.74, 6) is 0. The minimum atomic E-state index is 0.684. The molecule has 0 fully saturated rings. The van der Waals surface area contributed by atoms with Gasteiger partial charge in [-0.1, -0.05) is 121 Å². The second-order valence-corrected chi connectivity index (χ2v) is 10.6. The van der Waals surface area contributed by atoms with E-state index in [1.165, 1.54) is 0 Å². The quantitative estimate of drug-likeness (QED) is 0.314. The molecule has 44 heavy (non-hydrogen) atoms. The highest BCUT2D eigenvalue weighted by atomic mass is 14.9. The lowest BCUT2D eigenvalue weighted by molar-refractivity contribution is 0.695. The maximum Gasteiger partial charge on any atom is 0.0517 e. The average molecular weight is 583 g/mol. The molecule has 1 heterocycles. The van der Waals surface area contributed by atoms with E-state index < -0.39 is 0 Å². The van der Waals surface area contributed by atoms with Crippen LogP contribution in [0.25, 0.3) is 0 Å². The molecule has 4 aromatic rings. The van der Waals surface area contributed by atoms with Crippen molar-refractivity contribution in [3.63, 3.8) is 0 Å². The second kappa shape index (κ2) is 17.6. The molecular weight excluding hydrogens is 540 g/mol. The molecule has 2 N–H and O–H groups in total. The SMILES string of the molecule is c1ccc(C2=NCCNCCN=C(c3ccccc3)CC(c3ccccc3)=NCCNCCN=C(c3ccccc3)C2)cc1. The van der Waals surface area contributed by atoms with Crippen LogP contribution in [0.15, 0.2) is 141 Å². The summed E-state index contributed by atoms with van der Waals surface area (Å²) in [6.07, 6.45) is 1.37. The number of benzene rings is 4. The smallest absolute Gasteiger partial charge is 0.0517 e. The van der Waals surface area contributed by atoms with Crippen LogP contribution in [0.4, 0.5) is 0 Å². The van der Waals surface area contributed by atoms with Gasteiger partial charge in [0.05, 0.1) is 26.2 Å². The van der Waals surface area contributed by atoms with E-state index in [4.69, 9.17) is 20.0 Å². The zero-order chi connectivity index (χ0) is 30.1. The van der Waals surface area contributed by atoms with Crippen LogP contribution in [0.5, 0.6) is 0 Å². The number of rotatable bonds is 4. The first-order valence-electron chi connectivity index (χ1n) is 15.6. The van der Waals surface area contributed by atoms with Gasteiger partial charge < -0.3 is 10.6 Å². The van der Waals surface area contributed by atoms with Crippen molar-refractivity contribution in [1.82, 2.24) is 10.6 Å². The normalized spacial score (nSPS) is 16.5. The molecule has 0 atom stereocenters. The van der Waals surface area contributed by atoms with Gasteiger partial charge in [-0.25, -0.2) is 0 Å². The van der Waals surface area contributed by atoms with Crippen LogP contribution in [-0.2, 0) is 0 Å². The van der Waals surface area contributed by atoms with Crippen LogP contribution >= 0.6 is 0 Å². The van der Waals surface area contributed by atoms with E-state index in [-0.39, 0.29) is 0 Å². The van der Waals surface area contributed by atoms with Gasteiger partial charge in [0.15, 0.2) is 0 Å². The number of hydrogen-bond acceptors (Lipinski definition) is 6. The van der Waals surface area contributed by atoms with E-state index in [1.807, 2.05) is 24.3 Å². The van der Waals surface area contributed by atoms with Gasteiger partial charge in [-0.05, 0) is 22.3 Å². The highest BCUT2D eigenvalue weighted by Crippen LogP contribution is 2.13. The molecule has 1 aliphatic heterocycles. The van der Waals surface area contributed by atoms with Crippen molar-refractivity contribution >= 4 is 22.8 Å². The third-order valence-corrected chi connectivity index (χ3v) is 7.46. The van der Waals surface area contributed by atoms with E-state index in [0.29, 0.717) is 39.0 Å². The van der Waals surface area contributed by atoms with Crippen LogP contribution in [-0.4, -0.2) is 75.2 Å². The summed E-state index contributed by atoms with van der Waals surface area (Å²) in [5, 5.41) is 7.11. The highest BCUT2D eigenvalue weighted by Gasteiger charge is 2.12. The van der Waals surface area contributed by atoms with Gasteiger partial charge in [-0.15, -0.1) is 0 Å². The van der Waals surface area contributed by atoms with E-state index in [1.54, 1.807) is 0 Å². The summed E-state index contributed by atoms with van der Waals surface area (Å²) < 4.78 is 0. The average Bonchev–Trinajstić information content (AvgIpc) is 3.09. The molecule has 4 aromatic carbocycles. The molecule has 0 amide bonds. The van der Waals surface area contributed by atoms with Gasteiger partial charge in [0.2, 0.25) is 0 Å². The van der Waals surface area contributed by atoms with Crippen molar-refractivity contribution in [3.8, 4) is 0 Å². The topological polar surface area (TPSA) is 73.5 Å². The Balaban J connectivity index is 1.38. The molecule has 0 spiro atoms. The first-order valence-corrected chi connectivity index (χ1v) is 15.6. The lowest BCUT2D eigenvalue weighted by Crippen LogP contribution is -2.24. The molecule has 0 bridgehead atoms. The van der Waals surface area contributed by atoms with Crippen LogP contribution in [0, 0.1) is 0 Å². The zero-order valence-corrected chi connectivity index (χ0v) is 25.4. The van der Waals surface area contributed by atoms with E-state index in [2.05, 4.69) is 108 Å². The maximum atomic E-state index is 5.07. The first-order chi connectivity index (χ1) is 21.9. The second-order valence-electron chi connectivity index (χ2n) is 10.6. The highest BCUT2D eigenvalue weighted by molar-refractivity contribution is 6.18. The van der Waals surface area contributed by atoms with Crippen LogP contribution < -0.4 is 10.6 Å². The molecule has 0 radical (unpaired) electrons. The van der Waals surface area contributed by atoms with Crippen LogP contribution in [0.3, 0.4) is 0 Å². The van der Waals surface area contributed by atoms with Crippen molar-refractivity contribution < 1.29 is 0 Å². The Hall–Kier alpha value is -4.52. The zero-order valence-electron chi connectivity index (χ0n) is 25.4. The molecule has 5 rings (SSSR count). The summed E-state index contributed by atoms with van der Waals surface area (Å²) in [6.45, 7) is 5.88. The lowest BCUT2D eigenvalue weighted by Gasteiger charge is -2.13. The largest absolute Gasteiger partial charge is 0.313 e. The summed E-state index contributed by atoms with van der Waals surface area (Å²) in [7, 11) is 0. The number of nitrogens with one attached hydrogen (secondary N) is 2. The van der Waals surface area contributed by atoms with Gasteiger partial charge in [0.1, 0.15) is 0 Å². The Kier molecular flexibility index (Phi) is 12.3. The standard InChI is InChI=1S/C38H42N6/c1-5-13-31(14-6-1)35-29-36(32-15-7-2-8-16-32)42-26-22-40-24-28-44-38(34-19-11-4-12-20-34)30-37(33-17-9-3-10-18-33)43-27-23-39-21-25-41-35/h1-20,39-40H,21-30H2. The Bertz CT molecular complexity index is 1290. The van der Waals surface area contributed by atoms with Crippen molar-refractivity contribution in [2.24, 2.45) is 20.0 Å². The predicted molar refractivity (Wildman–Crippen MR) is 186 cm³/mol. The van der Waals surface area contributed by atoms with Crippen molar-refractivity contribution in [2.45, 2.75) is 12.8 Å². The lowest BCUT2D eigenvalue weighted by atomic mass is 9.99. The predicted octanol–water partition coefficient (Wildman–Crippen LogP) is 5.92. The Morgan fingerprint density at radius 2 is 0.545 bits per heavy atom. The Morgan fingerprint density at radius 1 is 0.318 bits per heavy atom. The molecule has 0 saturated carbocycles. The fourth-order valence-corrected chi connectivity index (χ4v) is 5.17. The molecule has 0 unspecified atom stereocenters. The molecule has 1 aliphatic rings. The van der Waals surface area contributed by atoms with Crippen LogP contribution in [0.2, 0.25) is 0 Å². The molecule has 0 aliphatic carbocycles. The molecule has 0 aromatic heterocycles. The van der Waals surface area contributed by atoms with Gasteiger partial charge in [-0.3, -0.25) is 20.0 Å². The van der Waals surface area contributed by atoms with Gasteiger partial charge in [0.25, 0.3) is 0 Å². The van der Waals surface area contributed by atoms with Gasteiger partial charge in [0, 0.05) is 61.9 Å². The summed E-state index contributed by atoms with van der Waals surface area (Å²) >= 11 is 0. The molecule has 6 heteroatoms. The third kappa shape index (κ3) is 9.76. The molecule has 6 nitrogen and oxygen atoms in total. The first kappa shape index (κ1) is 30.9. The number of nitrogens with zero attached hydrogens (tertiary/aromatic N) is 4. The summed E-state index contributed by atoms with van der Waals surface area (Å²) in [5.41, 5.74) is 8.80. The van der Waals surface area contributed by atoms with E-state index in [9.17, 15) is 0 Å². The van der Waals surface area contributed by atoms with Gasteiger partial charge in [-0.2, -0.15) is 0 Å². The fourth-order valence-electron chi connectivity index (χ4n) is 5.17. The van der Waals surface area contributed by atoms with Gasteiger partial charge >= 0.3 is 0 Å². The monoisotopic (exact) mass is 582 g/mol. The summed E-state index contributed by atoms with van der Waals surface area (Å²) in [6, 6.07) is 41.9. The minimum Gasteiger partial charge on any atom is -0.313 e. The van der Waals surface area contributed by atoms with Crippen LogP contribution in [0.1, 0.15) is 35.1 Å². The fraction of sp³-hybridized carbons (Fsp3) is 0.263.